The van der Waals surface area contributed by atoms with Crippen LogP contribution in [0.1, 0.15) is 29.2 Å². The minimum absolute atomic E-state index is 0.331. The predicted molar refractivity (Wildman–Crippen MR) is 77.4 cm³/mol. The molecule has 2 aromatic rings. The smallest absolute Gasteiger partial charge is 0.129 e. The number of halogens is 1. The van der Waals surface area contributed by atoms with Crippen molar-refractivity contribution in [2.45, 2.75) is 26.4 Å². The third kappa shape index (κ3) is 3.81. The number of aliphatic hydroxyl groups excluding tert-OH is 1. The van der Waals surface area contributed by atoms with E-state index in [9.17, 15) is 9.50 Å². The second-order valence-corrected chi connectivity index (χ2v) is 4.99. The molecule has 0 aliphatic rings. The molecule has 20 heavy (non-hydrogen) atoms. The average molecular weight is 274 g/mol. The molecule has 0 amide bonds. The lowest BCUT2D eigenvalue weighted by molar-refractivity contribution is 0.137. The second-order valence-electron chi connectivity index (χ2n) is 4.99. The summed E-state index contributed by atoms with van der Waals surface area (Å²) >= 11 is 0. The molecule has 106 valence electrons. The lowest BCUT2D eigenvalue weighted by atomic mass is 10.0. The van der Waals surface area contributed by atoms with Gasteiger partial charge < -0.3 is 9.84 Å². The van der Waals surface area contributed by atoms with Crippen LogP contribution in [-0.4, -0.2) is 11.7 Å². The number of aliphatic hydroxyl groups is 1. The Kier molecular flexibility index (Phi) is 4.74. The molecule has 2 aromatic carbocycles. The highest BCUT2D eigenvalue weighted by Crippen LogP contribution is 2.22. The van der Waals surface area contributed by atoms with Crippen LogP contribution >= 0.6 is 0 Å². The van der Waals surface area contributed by atoms with Crippen molar-refractivity contribution in [2.75, 3.05) is 6.61 Å². The van der Waals surface area contributed by atoms with Crippen LogP contribution < -0.4 is 4.74 Å². The van der Waals surface area contributed by atoms with Crippen molar-refractivity contribution in [2.24, 2.45) is 0 Å². The van der Waals surface area contributed by atoms with E-state index in [2.05, 4.69) is 0 Å². The fraction of sp³-hybridized carbons (Fsp3) is 0.294. The van der Waals surface area contributed by atoms with Gasteiger partial charge in [0.05, 0.1) is 12.7 Å². The molecule has 3 heteroatoms. The number of benzene rings is 2. The van der Waals surface area contributed by atoms with Gasteiger partial charge in [0.1, 0.15) is 11.6 Å². The third-order valence-electron chi connectivity index (χ3n) is 3.16. The van der Waals surface area contributed by atoms with Gasteiger partial charge in [-0.25, -0.2) is 4.39 Å². The van der Waals surface area contributed by atoms with Gasteiger partial charge in [-0.05, 0) is 37.6 Å². The van der Waals surface area contributed by atoms with E-state index < -0.39 is 6.10 Å². The van der Waals surface area contributed by atoms with Crippen molar-refractivity contribution >= 4 is 0 Å². The Morgan fingerprint density at radius 1 is 1.10 bits per heavy atom. The fourth-order valence-electron chi connectivity index (χ4n) is 2.07. The van der Waals surface area contributed by atoms with Gasteiger partial charge in [0.2, 0.25) is 0 Å². The lowest BCUT2D eigenvalue weighted by Crippen LogP contribution is -2.07. The van der Waals surface area contributed by atoms with Crippen LogP contribution in [0.5, 0.6) is 5.75 Å². The Labute approximate surface area is 118 Å². The molecule has 1 atom stereocenters. The molecule has 0 aliphatic carbocycles. The molecule has 0 saturated heterocycles. The fourth-order valence-corrected chi connectivity index (χ4v) is 2.07. The Hall–Kier alpha value is -1.87. The van der Waals surface area contributed by atoms with Crippen molar-refractivity contribution < 1.29 is 14.2 Å². The van der Waals surface area contributed by atoms with Gasteiger partial charge in [-0.15, -0.1) is 0 Å². The summed E-state index contributed by atoms with van der Waals surface area (Å²) < 4.78 is 19.2. The normalized spacial score (nSPS) is 12.2. The number of hydrogen-bond acceptors (Lipinski definition) is 2. The summed E-state index contributed by atoms with van der Waals surface area (Å²) in [5.74, 6) is 0.389. The minimum atomic E-state index is -0.847. The van der Waals surface area contributed by atoms with E-state index in [0.29, 0.717) is 18.6 Å². The van der Waals surface area contributed by atoms with Crippen LogP contribution in [0.3, 0.4) is 0 Å². The molecular formula is C17H19FO2. The van der Waals surface area contributed by atoms with Gasteiger partial charge in [0.15, 0.2) is 0 Å². The zero-order chi connectivity index (χ0) is 14.5. The first kappa shape index (κ1) is 14.5. The summed E-state index contributed by atoms with van der Waals surface area (Å²) in [5, 5.41) is 10.0. The molecule has 1 unspecified atom stereocenters. The van der Waals surface area contributed by atoms with E-state index in [-0.39, 0.29) is 5.82 Å². The highest BCUT2D eigenvalue weighted by atomic mass is 19.1. The lowest BCUT2D eigenvalue weighted by Gasteiger charge is -2.13. The molecule has 1 N–H and O–H groups in total. The monoisotopic (exact) mass is 274 g/mol. The van der Waals surface area contributed by atoms with Crippen LogP contribution in [-0.2, 0) is 0 Å². The largest absolute Gasteiger partial charge is 0.493 e. The number of rotatable bonds is 5. The molecule has 0 fully saturated rings. The molecular weight excluding hydrogens is 255 g/mol. The topological polar surface area (TPSA) is 29.5 Å². The zero-order valence-electron chi connectivity index (χ0n) is 11.8. The molecule has 0 spiro atoms. The van der Waals surface area contributed by atoms with Gasteiger partial charge in [-0.2, -0.15) is 0 Å². The van der Waals surface area contributed by atoms with Crippen LogP contribution in [0, 0.1) is 19.7 Å². The summed E-state index contributed by atoms with van der Waals surface area (Å²) in [6.45, 7) is 4.21. The van der Waals surface area contributed by atoms with Gasteiger partial charge >= 0.3 is 0 Å². The Morgan fingerprint density at radius 2 is 1.85 bits per heavy atom. The first-order chi connectivity index (χ1) is 9.56. The van der Waals surface area contributed by atoms with Crippen molar-refractivity contribution in [3.63, 3.8) is 0 Å². The maximum Gasteiger partial charge on any atom is 0.129 e. The summed E-state index contributed by atoms with van der Waals surface area (Å²) in [6.07, 6.45) is -0.492. The molecule has 0 radical (unpaired) electrons. The number of hydrogen-bond donors (Lipinski definition) is 1. The van der Waals surface area contributed by atoms with Crippen molar-refractivity contribution in [3.8, 4) is 5.75 Å². The van der Waals surface area contributed by atoms with Crippen LogP contribution in [0.2, 0.25) is 0 Å². The van der Waals surface area contributed by atoms with Gasteiger partial charge in [0, 0.05) is 12.0 Å². The van der Waals surface area contributed by atoms with E-state index in [4.69, 9.17) is 4.74 Å². The van der Waals surface area contributed by atoms with E-state index >= 15 is 0 Å². The highest BCUT2D eigenvalue weighted by Gasteiger charge is 2.13. The second kappa shape index (κ2) is 6.53. The SMILES string of the molecule is Cc1cccc(OCCC(O)c2cc(C)ccc2F)c1. The summed E-state index contributed by atoms with van der Waals surface area (Å²) in [4.78, 5) is 0. The molecule has 0 saturated carbocycles. The Bertz CT molecular complexity index is 581. The average Bonchev–Trinajstić information content (AvgIpc) is 2.41. The van der Waals surface area contributed by atoms with Crippen LogP contribution in [0.25, 0.3) is 0 Å². The summed E-state index contributed by atoms with van der Waals surface area (Å²) in [7, 11) is 0. The van der Waals surface area contributed by atoms with Crippen LogP contribution in [0.4, 0.5) is 4.39 Å². The molecule has 0 bridgehead atoms. The predicted octanol–water partition coefficient (Wildman–Crippen LogP) is 3.95. The first-order valence-corrected chi connectivity index (χ1v) is 6.70. The third-order valence-corrected chi connectivity index (χ3v) is 3.16. The number of aryl methyl sites for hydroxylation is 2. The molecule has 0 aliphatic heterocycles. The van der Waals surface area contributed by atoms with Gasteiger partial charge in [0.25, 0.3) is 0 Å². The molecule has 2 nitrogen and oxygen atoms in total. The molecule has 0 heterocycles. The Balaban J connectivity index is 1.92. The summed E-state index contributed by atoms with van der Waals surface area (Å²) in [5.41, 5.74) is 2.38. The van der Waals surface area contributed by atoms with E-state index in [0.717, 1.165) is 16.9 Å². The van der Waals surface area contributed by atoms with E-state index in [1.165, 1.54) is 6.07 Å². The Morgan fingerprint density at radius 3 is 2.60 bits per heavy atom. The quantitative estimate of drug-likeness (QED) is 0.894. The van der Waals surface area contributed by atoms with Gasteiger partial charge in [-0.1, -0.05) is 29.8 Å². The summed E-state index contributed by atoms with van der Waals surface area (Å²) in [6, 6.07) is 12.5. The maximum atomic E-state index is 13.6. The first-order valence-electron chi connectivity index (χ1n) is 6.70. The van der Waals surface area contributed by atoms with Gasteiger partial charge in [-0.3, -0.25) is 0 Å². The van der Waals surface area contributed by atoms with Crippen LogP contribution in [0.15, 0.2) is 42.5 Å². The maximum absolute atomic E-state index is 13.6. The zero-order valence-corrected chi connectivity index (χ0v) is 11.8. The minimum Gasteiger partial charge on any atom is -0.493 e. The van der Waals surface area contributed by atoms with E-state index in [1.807, 2.05) is 38.1 Å². The van der Waals surface area contributed by atoms with Crippen molar-refractivity contribution in [1.82, 2.24) is 0 Å². The van der Waals surface area contributed by atoms with E-state index in [1.54, 1.807) is 12.1 Å². The standard InChI is InChI=1S/C17H19FO2/c1-12-4-3-5-14(10-12)20-9-8-17(19)15-11-13(2)6-7-16(15)18/h3-7,10-11,17,19H,8-9H2,1-2H3. The molecule has 2 rings (SSSR count). The van der Waals surface area contributed by atoms with Crippen molar-refractivity contribution in [3.05, 3.63) is 65.0 Å². The van der Waals surface area contributed by atoms with Crippen molar-refractivity contribution in [1.29, 1.82) is 0 Å². The number of ether oxygens (including phenoxy) is 1. The highest BCUT2D eigenvalue weighted by molar-refractivity contribution is 5.28. The molecule has 0 aromatic heterocycles.